The van der Waals surface area contributed by atoms with E-state index in [2.05, 4.69) is 25.7 Å². The average molecular weight is 653 g/mol. The largest absolute Gasteiger partial charge is 0.466 e. The van der Waals surface area contributed by atoms with Crippen LogP contribution >= 0.6 is 0 Å². The smallest absolute Gasteiger partial charge is 0.306 e. The molecule has 46 heavy (non-hydrogen) atoms. The van der Waals surface area contributed by atoms with Gasteiger partial charge in [-0.1, -0.05) is 124 Å². The zero-order valence-corrected chi connectivity index (χ0v) is 31.3. The van der Waals surface area contributed by atoms with Gasteiger partial charge in [-0.25, -0.2) is 0 Å². The molecule has 0 aromatic heterocycles. The second kappa shape index (κ2) is 36.7. The van der Waals surface area contributed by atoms with Crippen molar-refractivity contribution in [1.82, 2.24) is 4.90 Å². The zero-order valence-electron chi connectivity index (χ0n) is 31.3. The number of esters is 2. The number of nitrogens with zero attached hydrogens (tertiary/aromatic N) is 1. The van der Waals surface area contributed by atoms with Gasteiger partial charge in [-0.05, 0) is 96.8 Å². The molecule has 0 aromatic carbocycles. The Kier molecular flexibility index (Phi) is 35.8. The average Bonchev–Trinajstić information content (AvgIpc) is 3.05. The van der Waals surface area contributed by atoms with E-state index in [4.69, 9.17) is 15.2 Å². The second-order valence-corrected chi connectivity index (χ2v) is 13.8. The molecule has 0 amide bonds. The minimum atomic E-state index is -0.0146. The van der Waals surface area contributed by atoms with Crippen LogP contribution in [0.2, 0.25) is 0 Å². The number of unbranched alkanes of at least 4 members (excludes halogenated alkanes) is 19. The van der Waals surface area contributed by atoms with Gasteiger partial charge in [-0.2, -0.15) is 0 Å². The van der Waals surface area contributed by atoms with Crippen molar-refractivity contribution >= 4 is 11.9 Å². The Bertz CT molecular complexity index is 645. The van der Waals surface area contributed by atoms with Crippen molar-refractivity contribution in [3.8, 4) is 0 Å². The van der Waals surface area contributed by atoms with Gasteiger partial charge in [0.25, 0.3) is 0 Å². The highest BCUT2D eigenvalue weighted by atomic mass is 16.5. The van der Waals surface area contributed by atoms with Crippen molar-refractivity contribution in [2.75, 3.05) is 32.8 Å². The van der Waals surface area contributed by atoms with Crippen molar-refractivity contribution in [2.24, 2.45) is 5.73 Å². The Morgan fingerprint density at radius 1 is 0.500 bits per heavy atom. The van der Waals surface area contributed by atoms with Crippen LogP contribution < -0.4 is 5.73 Å². The first-order valence-electron chi connectivity index (χ1n) is 20.3. The molecule has 0 saturated heterocycles. The number of carbonyl (C=O) groups is 2. The molecule has 1 unspecified atom stereocenters. The second-order valence-electron chi connectivity index (χ2n) is 13.8. The summed E-state index contributed by atoms with van der Waals surface area (Å²) >= 11 is 0. The summed E-state index contributed by atoms with van der Waals surface area (Å²) in [4.78, 5) is 27.1. The van der Waals surface area contributed by atoms with Gasteiger partial charge in [0.15, 0.2) is 0 Å². The molecule has 0 aliphatic rings. The molecule has 0 heterocycles. The van der Waals surface area contributed by atoms with E-state index in [0.29, 0.717) is 19.4 Å². The van der Waals surface area contributed by atoms with Crippen LogP contribution in [0.3, 0.4) is 0 Å². The van der Waals surface area contributed by atoms with Gasteiger partial charge in [0.1, 0.15) is 6.10 Å². The van der Waals surface area contributed by atoms with Gasteiger partial charge in [0.05, 0.1) is 6.61 Å². The number of carbonyl (C=O) groups excluding carboxylic acids is 2. The Hall–Kier alpha value is -1.14. The van der Waals surface area contributed by atoms with Gasteiger partial charge in [0.2, 0.25) is 0 Å². The van der Waals surface area contributed by atoms with Crippen LogP contribution in [0.1, 0.15) is 207 Å². The van der Waals surface area contributed by atoms with Gasteiger partial charge >= 0.3 is 11.9 Å². The Balaban J connectivity index is 3.98. The zero-order chi connectivity index (χ0) is 33.8. The molecule has 6 heteroatoms. The van der Waals surface area contributed by atoms with Crippen LogP contribution in [0.15, 0.2) is 0 Å². The molecule has 0 bridgehead atoms. The monoisotopic (exact) mass is 653 g/mol. The third-order valence-corrected chi connectivity index (χ3v) is 9.21. The van der Waals surface area contributed by atoms with E-state index < -0.39 is 0 Å². The number of nitrogens with two attached hydrogens (primary N) is 1. The number of hydrogen-bond acceptors (Lipinski definition) is 6. The third-order valence-electron chi connectivity index (χ3n) is 9.21. The van der Waals surface area contributed by atoms with E-state index in [0.717, 1.165) is 77.5 Å². The fourth-order valence-corrected chi connectivity index (χ4v) is 6.15. The first-order chi connectivity index (χ1) is 22.6. The maximum absolute atomic E-state index is 12.5. The first kappa shape index (κ1) is 44.9. The maximum Gasteiger partial charge on any atom is 0.306 e. The molecule has 1 atom stereocenters. The molecule has 0 fully saturated rings. The number of hydrogen-bond donors (Lipinski definition) is 1. The molecule has 0 aliphatic carbocycles. The highest BCUT2D eigenvalue weighted by Crippen LogP contribution is 2.17. The topological polar surface area (TPSA) is 81.9 Å². The summed E-state index contributed by atoms with van der Waals surface area (Å²) < 4.78 is 11.3. The van der Waals surface area contributed by atoms with Crippen LogP contribution in [-0.4, -0.2) is 55.7 Å². The summed E-state index contributed by atoms with van der Waals surface area (Å²) in [6.07, 6.45) is 32.9. The summed E-state index contributed by atoms with van der Waals surface area (Å²) in [6.45, 7) is 11.5. The van der Waals surface area contributed by atoms with Crippen LogP contribution in [0.25, 0.3) is 0 Å². The van der Waals surface area contributed by atoms with E-state index in [9.17, 15) is 9.59 Å². The fourth-order valence-electron chi connectivity index (χ4n) is 6.15. The Morgan fingerprint density at radius 2 is 0.913 bits per heavy atom. The van der Waals surface area contributed by atoms with Crippen molar-refractivity contribution in [3.05, 3.63) is 0 Å². The normalized spacial score (nSPS) is 12.1. The first-order valence-corrected chi connectivity index (χ1v) is 20.3. The van der Waals surface area contributed by atoms with Crippen molar-refractivity contribution in [2.45, 2.75) is 213 Å². The summed E-state index contributed by atoms with van der Waals surface area (Å²) in [5.41, 5.74) is 5.75. The summed E-state index contributed by atoms with van der Waals surface area (Å²) in [6, 6.07) is 0. The molecular weight excluding hydrogens is 572 g/mol. The molecule has 0 aromatic rings. The van der Waals surface area contributed by atoms with E-state index >= 15 is 0 Å². The predicted molar refractivity (Wildman–Crippen MR) is 197 cm³/mol. The maximum atomic E-state index is 12.5. The SMILES string of the molecule is CCCCCCCCOC(=O)CCCCCCCN(CCCCN)CCCCCCCC(=O)OC(CCCCC)CCCCCC. The molecule has 0 radical (unpaired) electrons. The predicted octanol–water partition coefficient (Wildman–Crippen LogP) is 11.1. The van der Waals surface area contributed by atoms with Crippen LogP contribution in [-0.2, 0) is 19.1 Å². The number of rotatable bonds is 37. The van der Waals surface area contributed by atoms with E-state index in [1.165, 1.54) is 122 Å². The van der Waals surface area contributed by atoms with Gasteiger partial charge < -0.3 is 20.1 Å². The minimum Gasteiger partial charge on any atom is -0.466 e. The van der Waals surface area contributed by atoms with E-state index in [1.807, 2.05) is 0 Å². The fraction of sp³-hybridized carbons (Fsp3) is 0.950. The molecule has 0 saturated carbocycles. The lowest BCUT2D eigenvalue weighted by molar-refractivity contribution is -0.150. The Labute approximate surface area is 287 Å². The van der Waals surface area contributed by atoms with Gasteiger partial charge in [-0.3, -0.25) is 9.59 Å². The molecule has 6 nitrogen and oxygen atoms in total. The highest BCUT2D eigenvalue weighted by molar-refractivity contribution is 5.69. The quantitative estimate of drug-likeness (QED) is 0.0531. The van der Waals surface area contributed by atoms with Crippen LogP contribution in [0.5, 0.6) is 0 Å². The third kappa shape index (κ3) is 32.8. The summed E-state index contributed by atoms with van der Waals surface area (Å²) in [5.74, 6) is 0.00526. The molecule has 0 spiro atoms. The van der Waals surface area contributed by atoms with E-state index in [1.54, 1.807) is 0 Å². The lowest BCUT2D eigenvalue weighted by Gasteiger charge is -2.22. The molecule has 274 valence electrons. The van der Waals surface area contributed by atoms with E-state index in [-0.39, 0.29) is 18.0 Å². The Morgan fingerprint density at radius 3 is 1.48 bits per heavy atom. The highest BCUT2D eigenvalue weighted by Gasteiger charge is 2.14. The van der Waals surface area contributed by atoms with Crippen LogP contribution in [0.4, 0.5) is 0 Å². The summed E-state index contributed by atoms with van der Waals surface area (Å²) in [5, 5.41) is 0. The van der Waals surface area contributed by atoms with Crippen molar-refractivity contribution in [3.63, 3.8) is 0 Å². The van der Waals surface area contributed by atoms with Gasteiger partial charge in [0, 0.05) is 12.8 Å². The molecule has 0 aliphatic heterocycles. The van der Waals surface area contributed by atoms with Crippen LogP contribution in [0, 0.1) is 0 Å². The molecular formula is C40H80N2O4. The summed E-state index contributed by atoms with van der Waals surface area (Å²) in [7, 11) is 0. The lowest BCUT2D eigenvalue weighted by Crippen LogP contribution is -2.27. The number of ether oxygens (including phenoxy) is 2. The van der Waals surface area contributed by atoms with Crippen molar-refractivity contribution in [1.29, 1.82) is 0 Å². The molecule has 2 N–H and O–H groups in total. The standard InChI is InChI=1S/C40H80N2O4/c1-4-7-10-12-19-28-37-45-39(43)31-22-15-13-17-25-34-42(36-27-24-33-41)35-26-18-14-16-23-32-40(44)46-38(29-20-9-6-3)30-21-11-8-5-2/h38H,4-37,41H2,1-3H3. The molecule has 0 rings (SSSR count). The minimum absolute atomic E-state index is 0.0146. The van der Waals surface area contributed by atoms with Crippen molar-refractivity contribution < 1.29 is 19.1 Å². The lowest BCUT2D eigenvalue weighted by atomic mass is 10.0. The van der Waals surface area contributed by atoms with Gasteiger partial charge in [-0.15, -0.1) is 0 Å².